The number of hydrogen-bond acceptors (Lipinski definition) is 20. The van der Waals surface area contributed by atoms with E-state index in [9.17, 15) is 0 Å². The molecule has 20 heteroatoms. The summed E-state index contributed by atoms with van der Waals surface area (Å²) in [5.74, 6) is 0. The van der Waals surface area contributed by atoms with Crippen molar-refractivity contribution < 1.29 is 0 Å². The lowest BCUT2D eigenvalue weighted by molar-refractivity contribution is 1.03. The molecule has 0 spiro atoms. The second-order valence-electron chi connectivity index (χ2n) is 21.6. The van der Waals surface area contributed by atoms with Crippen molar-refractivity contribution in [2.75, 3.05) is 0 Å². The van der Waals surface area contributed by atoms with Gasteiger partial charge in [-0.25, -0.2) is 39.9 Å². The number of allylic oxidation sites excluding steroid dienone is 5. The zero-order valence-corrected chi connectivity index (χ0v) is 101. The molecule has 0 unspecified atom stereocenters. The summed E-state index contributed by atoms with van der Waals surface area (Å²) in [5.41, 5.74) is 12.9. The number of rotatable bonds is 3. The third-order valence-electron chi connectivity index (χ3n) is 14.3. The summed E-state index contributed by atoms with van der Waals surface area (Å²) in [6, 6.07) is 84.3. The molecule has 0 amide bonds. The van der Waals surface area contributed by atoms with Crippen molar-refractivity contribution in [1.29, 1.82) is 0 Å². The molecule has 150 heavy (non-hydrogen) atoms. The Morgan fingerprint density at radius 1 is 0.173 bits per heavy atom. The molecule has 2 aliphatic rings. The van der Waals surface area contributed by atoms with Gasteiger partial charge >= 0.3 is 0 Å². The fourth-order valence-corrected chi connectivity index (χ4v) is 9.43. The number of benzene rings is 5. The number of nitrogens with zero attached hydrogens (tertiary/aromatic N) is 20. The predicted molar refractivity (Wildman–Crippen MR) is 672 cm³/mol. The lowest BCUT2D eigenvalue weighted by atomic mass is 10.1. The molecule has 0 atom stereocenters. The molecule has 0 saturated carbocycles. The molecule has 822 valence electrons. The van der Waals surface area contributed by atoms with E-state index in [0.29, 0.717) is 0 Å². The highest BCUT2D eigenvalue weighted by atomic mass is 15.1. The Morgan fingerprint density at radius 3 is 0.647 bits per heavy atom. The maximum absolute atomic E-state index is 4.59. The number of pyridine rings is 8. The Kier molecular flexibility index (Phi) is 160. The zero-order valence-electron chi connectivity index (χ0n) is 101. The van der Waals surface area contributed by atoms with E-state index in [1.807, 2.05) is 535 Å². The summed E-state index contributed by atoms with van der Waals surface area (Å²) in [6.45, 7) is 88.0. The smallest absolute Gasteiger partial charge is 0.119 e. The van der Waals surface area contributed by atoms with Gasteiger partial charge < -0.3 is 0 Å². The van der Waals surface area contributed by atoms with Crippen LogP contribution in [0.5, 0.6) is 0 Å². The Bertz CT molecular complexity index is 4850. The molecule has 0 bridgehead atoms. The van der Waals surface area contributed by atoms with Crippen molar-refractivity contribution in [1.82, 2.24) is 95.2 Å². The first-order valence-electron chi connectivity index (χ1n) is 55.5. The van der Waals surface area contributed by atoms with Crippen molar-refractivity contribution in [2.24, 2.45) is 4.99 Å². The maximum atomic E-state index is 4.59. The SMILES string of the molecule is C1=CCC=C1.C1=CN=CC1.CC.CC.CC.CC.CC.CC.CC.CC.CC.CC.CC.CC.CC.CC.CC.CC.CC.CC.CC.CC.CC.CC.c1ccc(-c2cccc(-c3ccccn3)n2)nc1.c1ccc(-c2ccccn2)nc1.c1ccc2c(c1)nnc1ccccc12.c1ccc2nc3ccccc3nc2c1.c1ccncc1.c1ccnnc1.c1cnc2c(c1)ccc1cccnc12.c1cncnc1.c1ncncn1. The van der Waals surface area contributed by atoms with Gasteiger partial charge in [-0.2, -0.15) is 10.2 Å². The highest BCUT2D eigenvalue weighted by Crippen LogP contribution is 2.24. The van der Waals surface area contributed by atoms with Gasteiger partial charge in [0.25, 0.3) is 0 Å². The lowest BCUT2D eigenvalue weighted by Crippen LogP contribution is -1.90. The Morgan fingerprint density at radius 2 is 0.433 bits per heavy atom. The molecule has 0 saturated heterocycles. The molecule has 1 aliphatic heterocycles. The first-order valence-corrected chi connectivity index (χ1v) is 55.5. The molecule has 20 nitrogen and oxygen atoms in total. The Hall–Kier alpha value is -14.9. The van der Waals surface area contributed by atoms with Gasteiger partial charge in [0.15, 0.2) is 0 Å². The number of aliphatic imine (C=N–C) groups is 1. The summed E-state index contributed by atoms with van der Waals surface area (Å²) >= 11 is 0. The van der Waals surface area contributed by atoms with Gasteiger partial charge in [0.1, 0.15) is 25.3 Å². The first kappa shape index (κ1) is 163. The first-order chi connectivity index (χ1) is 74.7. The monoisotopic (exact) mass is 2040 g/mol. The minimum absolute atomic E-state index is 0.860. The van der Waals surface area contributed by atoms with Crippen molar-refractivity contribution in [3.63, 3.8) is 0 Å². The van der Waals surface area contributed by atoms with Crippen LogP contribution in [0.3, 0.4) is 0 Å². The van der Waals surface area contributed by atoms with Crippen LogP contribution < -0.4 is 0 Å². The Labute approximate surface area is 915 Å². The highest BCUT2D eigenvalue weighted by Gasteiger charge is 2.06. The van der Waals surface area contributed by atoms with Gasteiger partial charge in [-0.05, 0) is 146 Å². The van der Waals surface area contributed by atoms with E-state index in [1.54, 1.807) is 86.6 Å². The summed E-state index contributed by atoms with van der Waals surface area (Å²) in [7, 11) is 0. The van der Waals surface area contributed by atoms with Crippen LogP contribution in [0.15, 0.2) is 402 Å². The van der Waals surface area contributed by atoms with Gasteiger partial charge in [-0.1, -0.05) is 456 Å². The minimum atomic E-state index is 0.860. The van der Waals surface area contributed by atoms with E-state index < -0.39 is 0 Å². The van der Waals surface area contributed by atoms with Gasteiger partial charge in [0.05, 0.1) is 78.3 Å². The largest absolute Gasteiger partial charge is 0.269 e. The summed E-state index contributed by atoms with van der Waals surface area (Å²) in [6.07, 6.45) is 42.9. The van der Waals surface area contributed by atoms with E-state index in [1.165, 1.54) is 25.3 Å². The molecule has 20 rings (SSSR count). The number of hydrogen-bond donors (Lipinski definition) is 0. The van der Waals surface area contributed by atoms with Crippen LogP contribution in [-0.4, -0.2) is 101 Å². The molecule has 5 aromatic carbocycles. The topological polar surface area (TPSA) is 257 Å². The maximum Gasteiger partial charge on any atom is 0.119 e. The number of fused-ring (bicyclic) bond motifs is 8. The van der Waals surface area contributed by atoms with Crippen LogP contribution in [0.25, 0.3) is 99.8 Å². The van der Waals surface area contributed by atoms with Crippen LogP contribution in [0.4, 0.5) is 0 Å². The molecule has 0 N–H and O–H groups in total. The molecule has 13 aromatic heterocycles. The lowest BCUT2D eigenvalue weighted by Gasteiger charge is -2.03. The van der Waals surface area contributed by atoms with E-state index in [4.69, 9.17) is 0 Å². The van der Waals surface area contributed by atoms with E-state index in [0.717, 1.165) is 113 Å². The van der Waals surface area contributed by atoms with Crippen molar-refractivity contribution in [3.05, 3.63) is 397 Å². The van der Waals surface area contributed by atoms with Crippen LogP contribution in [-0.2, 0) is 0 Å². The molecule has 1 aliphatic carbocycles. The molecule has 0 radical (unpaired) electrons. The molecule has 18 aromatic rings. The van der Waals surface area contributed by atoms with Crippen LogP contribution in [0.2, 0.25) is 0 Å². The highest BCUT2D eigenvalue weighted by molar-refractivity contribution is 6.04. The van der Waals surface area contributed by atoms with Gasteiger partial charge in [-0.3, -0.25) is 39.9 Å². The summed E-state index contributed by atoms with van der Waals surface area (Å²) in [4.78, 5) is 64.9. The minimum Gasteiger partial charge on any atom is -0.269 e. The van der Waals surface area contributed by atoms with Gasteiger partial charge in [0.2, 0.25) is 0 Å². The Balaban J connectivity index is -0.000000122. The normalized spacial score (nSPS) is 8.37. The fraction of sp³-hybridized carbons (Fsp3) is 0.354. The quantitative estimate of drug-likeness (QED) is 0.118. The van der Waals surface area contributed by atoms with Crippen molar-refractivity contribution >= 4 is 71.9 Å². The molecule has 14 heterocycles. The molecular formula is C130H202N20. The van der Waals surface area contributed by atoms with Crippen molar-refractivity contribution in [2.45, 2.75) is 317 Å². The zero-order chi connectivity index (χ0) is 117. The third-order valence-corrected chi connectivity index (χ3v) is 14.3. The molecule has 0 fully saturated rings. The summed E-state index contributed by atoms with van der Waals surface area (Å²) in [5, 5.41) is 20.0. The van der Waals surface area contributed by atoms with E-state index >= 15 is 0 Å². The van der Waals surface area contributed by atoms with Crippen LogP contribution in [0, 0.1) is 0 Å². The average Bonchev–Trinajstić information content (AvgIpc) is 0.926. The third kappa shape index (κ3) is 85.2. The van der Waals surface area contributed by atoms with Gasteiger partial charge in [0, 0.05) is 115 Å². The fourth-order valence-electron chi connectivity index (χ4n) is 9.43. The second-order valence-corrected chi connectivity index (χ2v) is 21.6. The average molecular weight is 2050 g/mol. The van der Waals surface area contributed by atoms with Crippen LogP contribution in [0.1, 0.15) is 317 Å². The second kappa shape index (κ2) is 147. The predicted octanol–water partition coefficient (Wildman–Crippen LogP) is 40.7. The summed E-state index contributed by atoms with van der Waals surface area (Å²) < 4.78 is 0. The van der Waals surface area contributed by atoms with E-state index in [-0.39, 0.29) is 0 Å². The van der Waals surface area contributed by atoms with E-state index in [2.05, 4.69) is 161 Å². The number of para-hydroxylation sites is 4. The molecular weight excluding hydrogens is 1840 g/mol. The van der Waals surface area contributed by atoms with Crippen LogP contribution >= 0.6 is 0 Å². The standard InChI is InChI=1S/C15H11N3.3C12H8N2.C10H8N2.C5H5N.C5H6.2C4H4N2.C4H5N.C3H3N3.22C2H6/c1-3-10-16-12(6-1)14-8-5-9-15(18-14)13-7-2-4-11-17-13;1-3-9-5-6-10-4-2-8-14-12(10)11(9)13-7-1;1-3-7-11-9(5-1)10-6-2-4-8-12(10)14-13-11;1-2-6-10-9(5-1)13-11-7-3-4-8-12(11)14-10;1-3-7-11-9(5-1)10-6-2-4-8-12-10;1-2-4-6-5-3-1;1-2-4-5-3-1;1-2-5-4-6-3-1;1-2-4-6-5-3-1;1-2-4-5-3-1;1-4-2-6-3-5-1;22*1-2/h1-11H;3*1-8H;1-8H;1-5H;1-4H,5H2;2*1-4H;1,3-4H,2H2;1-3H;22*1-2H3. The van der Waals surface area contributed by atoms with Crippen molar-refractivity contribution in [3.8, 4) is 34.2 Å². The van der Waals surface area contributed by atoms with Gasteiger partial charge in [-0.15, -0.1) is 10.2 Å². The number of aromatic nitrogens is 19.